The Morgan fingerprint density at radius 2 is 2.00 bits per heavy atom. The van der Waals surface area contributed by atoms with Crippen molar-refractivity contribution in [2.24, 2.45) is 0 Å². The first kappa shape index (κ1) is 11.2. The van der Waals surface area contributed by atoms with Crippen molar-refractivity contribution >= 4 is 21.2 Å². The highest BCUT2D eigenvalue weighted by molar-refractivity contribution is 7.92. The van der Waals surface area contributed by atoms with Crippen molar-refractivity contribution < 1.29 is 8.42 Å². The van der Waals surface area contributed by atoms with Gasteiger partial charge in [0, 0.05) is 23.5 Å². The molecule has 0 unspecified atom stereocenters. The number of aryl methyl sites for hydroxylation is 1. The standard InChI is InChI=1S/C9H9N3O2S2/c1-7-5-15-9(12-7)16(13,14)6-8-10-3-2-4-11-8/h2-5H,6H2,1H3. The molecule has 0 spiro atoms. The largest absolute Gasteiger partial charge is 0.240 e. The van der Waals surface area contributed by atoms with E-state index in [1.807, 2.05) is 0 Å². The Kier molecular flexibility index (Phi) is 2.97. The topological polar surface area (TPSA) is 72.8 Å². The Morgan fingerprint density at radius 3 is 2.56 bits per heavy atom. The number of aromatic nitrogens is 3. The van der Waals surface area contributed by atoms with Gasteiger partial charge in [0.15, 0.2) is 0 Å². The first-order chi connectivity index (χ1) is 7.58. The third-order valence-corrected chi connectivity index (χ3v) is 4.87. The zero-order chi connectivity index (χ0) is 11.6. The zero-order valence-corrected chi connectivity index (χ0v) is 10.1. The van der Waals surface area contributed by atoms with Crippen molar-refractivity contribution in [2.45, 2.75) is 17.0 Å². The van der Waals surface area contributed by atoms with Crippen LogP contribution in [0.5, 0.6) is 0 Å². The average Bonchev–Trinajstić information content (AvgIpc) is 2.66. The molecule has 84 valence electrons. The molecular formula is C9H9N3O2S2. The number of thiazole rings is 1. The number of nitrogens with zero attached hydrogens (tertiary/aromatic N) is 3. The van der Waals surface area contributed by atoms with Crippen LogP contribution in [0.3, 0.4) is 0 Å². The minimum Gasteiger partial charge on any atom is -0.240 e. The van der Waals surface area contributed by atoms with Crippen LogP contribution in [0.2, 0.25) is 0 Å². The normalized spacial score (nSPS) is 11.6. The first-order valence-corrected chi connectivity index (χ1v) is 7.02. The maximum Gasteiger partial charge on any atom is 0.212 e. The van der Waals surface area contributed by atoms with Gasteiger partial charge in [-0.15, -0.1) is 11.3 Å². The summed E-state index contributed by atoms with van der Waals surface area (Å²) in [5, 5.41) is 1.71. The number of hydrogen-bond acceptors (Lipinski definition) is 6. The summed E-state index contributed by atoms with van der Waals surface area (Å²) in [5.41, 5.74) is 0.706. The van der Waals surface area contributed by atoms with Gasteiger partial charge in [0.25, 0.3) is 0 Å². The molecule has 0 atom stereocenters. The van der Waals surface area contributed by atoms with Crippen molar-refractivity contribution in [3.8, 4) is 0 Å². The van der Waals surface area contributed by atoms with Crippen molar-refractivity contribution in [1.82, 2.24) is 15.0 Å². The fourth-order valence-corrected chi connectivity index (χ4v) is 3.44. The molecule has 2 aromatic rings. The van der Waals surface area contributed by atoms with E-state index in [1.54, 1.807) is 18.4 Å². The third kappa shape index (κ3) is 2.42. The fraction of sp³-hybridized carbons (Fsp3) is 0.222. The molecule has 0 N–H and O–H groups in total. The number of sulfone groups is 1. The van der Waals surface area contributed by atoms with Crippen molar-refractivity contribution in [1.29, 1.82) is 0 Å². The molecule has 0 amide bonds. The van der Waals surface area contributed by atoms with E-state index in [0.717, 1.165) is 11.3 Å². The molecular weight excluding hydrogens is 246 g/mol. The second-order valence-electron chi connectivity index (χ2n) is 3.18. The minimum absolute atomic E-state index is 0.123. The summed E-state index contributed by atoms with van der Waals surface area (Å²) in [6.07, 6.45) is 3.04. The summed E-state index contributed by atoms with van der Waals surface area (Å²) in [7, 11) is -3.41. The van der Waals surface area contributed by atoms with Gasteiger partial charge >= 0.3 is 0 Å². The lowest BCUT2D eigenvalue weighted by Crippen LogP contribution is -2.07. The lowest BCUT2D eigenvalue weighted by atomic mass is 10.6. The van der Waals surface area contributed by atoms with E-state index in [2.05, 4.69) is 15.0 Å². The molecule has 0 aromatic carbocycles. The Morgan fingerprint density at radius 1 is 1.31 bits per heavy atom. The van der Waals surface area contributed by atoms with Gasteiger partial charge in [0.05, 0.1) is 0 Å². The summed E-state index contributed by atoms with van der Waals surface area (Å²) in [4.78, 5) is 11.7. The van der Waals surface area contributed by atoms with E-state index in [-0.39, 0.29) is 15.9 Å². The average molecular weight is 255 g/mol. The lowest BCUT2D eigenvalue weighted by Gasteiger charge is -1.98. The SMILES string of the molecule is Cc1csc(S(=O)(=O)Cc2ncccn2)n1. The van der Waals surface area contributed by atoms with E-state index in [4.69, 9.17) is 0 Å². The molecule has 2 rings (SSSR count). The molecule has 2 aromatic heterocycles. The molecule has 7 heteroatoms. The first-order valence-electron chi connectivity index (χ1n) is 4.49. The molecule has 16 heavy (non-hydrogen) atoms. The van der Waals surface area contributed by atoms with Crippen LogP contribution in [0.25, 0.3) is 0 Å². The predicted molar refractivity (Wildman–Crippen MR) is 59.8 cm³/mol. The van der Waals surface area contributed by atoms with Gasteiger partial charge < -0.3 is 0 Å². The van der Waals surface area contributed by atoms with Crippen LogP contribution in [-0.4, -0.2) is 23.4 Å². The smallest absolute Gasteiger partial charge is 0.212 e. The van der Waals surface area contributed by atoms with Crippen LogP contribution >= 0.6 is 11.3 Å². The second kappa shape index (κ2) is 4.26. The third-order valence-electron chi connectivity index (χ3n) is 1.80. The Hall–Kier alpha value is -1.34. The highest BCUT2D eigenvalue weighted by Gasteiger charge is 2.20. The van der Waals surface area contributed by atoms with Crippen molar-refractivity contribution in [3.05, 3.63) is 35.4 Å². The van der Waals surface area contributed by atoms with Gasteiger partial charge in [-0.25, -0.2) is 23.4 Å². The van der Waals surface area contributed by atoms with Crippen LogP contribution in [0.1, 0.15) is 11.5 Å². The molecule has 0 aliphatic heterocycles. The van der Waals surface area contributed by atoms with E-state index >= 15 is 0 Å². The van der Waals surface area contributed by atoms with Crippen LogP contribution in [0, 0.1) is 6.92 Å². The summed E-state index contributed by atoms with van der Waals surface area (Å²) in [5.74, 6) is 0.0798. The van der Waals surface area contributed by atoms with E-state index < -0.39 is 9.84 Å². The molecule has 0 saturated carbocycles. The van der Waals surface area contributed by atoms with Crippen LogP contribution < -0.4 is 0 Å². The molecule has 5 nitrogen and oxygen atoms in total. The maximum atomic E-state index is 11.9. The van der Waals surface area contributed by atoms with Gasteiger partial charge in [-0.1, -0.05) is 0 Å². The lowest BCUT2D eigenvalue weighted by molar-refractivity contribution is 0.592. The molecule has 0 saturated heterocycles. The zero-order valence-electron chi connectivity index (χ0n) is 8.49. The van der Waals surface area contributed by atoms with Gasteiger partial charge in [0.1, 0.15) is 11.6 Å². The Balaban J connectivity index is 2.28. The summed E-state index contributed by atoms with van der Waals surface area (Å²) >= 11 is 1.12. The van der Waals surface area contributed by atoms with E-state index in [1.165, 1.54) is 12.4 Å². The molecule has 0 radical (unpaired) electrons. The van der Waals surface area contributed by atoms with Gasteiger partial charge in [-0.05, 0) is 13.0 Å². The highest BCUT2D eigenvalue weighted by Crippen LogP contribution is 2.18. The number of hydrogen-bond donors (Lipinski definition) is 0. The summed E-state index contributed by atoms with van der Waals surface area (Å²) < 4.78 is 23.9. The molecule has 0 aliphatic rings. The minimum atomic E-state index is -3.41. The van der Waals surface area contributed by atoms with Crippen molar-refractivity contribution in [2.75, 3.05) is 0 Å². The van der Waals surface area contributed by atoms with Gasteiger partial charge in [-0.3, -0.25) is 0 Å². The predicted octanol–water partition coefficient (Wildman–Crippen LogP) is 1.22. The molecule has 0 aliphatic carbocycles. The fourth-order valence-electron chi connectivity index (χ4n) is 1.11. The Bertz CT molecular complexity index is 578. The molecule has 0 bridgehead atoms. The quantitative estimate of drug-likeness (QED) is 0.824. The van der Waals surface area contributed by atoms with Crippen LogP contribution in [0.15, 0.2) is 28.2 Å². The van der Waals surface area contributed by atoms with Crippen LogP contribution in [-0.2, 0) is 15.6 Å². The van der Waals surface area contributed by atoms with Crippen LogP contribution in [0.4, 0.5) is 0 Å². The monoisotopic (exact) mass is 255 g/mol. The van der Waals surface area contributed by atoms with E-state index in [0.29, 0.717) is 5.69 Å². The molecule has 2 heterocycles. The summed E-state index contributed by atoms with van der Waals surface area (Å²) in [6, 6.07) is 1.64. The van der Waals surface area contributed by atoms with Crippen molar-refractivity contribution in [3.63, 3.8) is 0 Å². The van der Waals surface area contributed by atoms with E-state index in [9.17, 15) is 8.42 Å². The Labute approximate surface area is 97.1 Å². The highest BCUT2D eigenvalue weighted by atomic mass is 32.2. The number of rotatable bonds is 3. The second-order valence-corrected chi connectivity index (χ2v) is 6.20. The maximum absolute atomic E-state index is 11.9. The molecule has 0 fully saturated rings. The summed E-state index contributed by atoms with van der Waals surface area (Å²) in [6.45, 7) is 1.76. The van der Waals surface area contributed by atoms with Gasteiger partial charge in [0.2, 0.25) is 14.2 Å². The van der Waals surface area contributed by atoms with Gasteiger partial charge in [-0.2, -0.15) is 0 Å².